The third kappa shape index (κ3) is 3.60. The first-order valence-electron chi connectivity index (χ1n) is 6.72. The number of ether oxygens (including phenoxy) is 1. The standard InChI is InChI=1S/C15H23NO3S/c1-5-15(6-2,20-4)10-16-14(18)11-8-7-9-12(19-3)13(11)17/h7-9,17H,5-6,10H2,1-4H3,(H,16,18). The molecule has 0 aromatic heterocycles. The summed E-state index contributed by atoms with van der Waals surface area (Å²) in [4.78, 5) is 12.2. The van der Waals surface area contributed by atoms with Crippen LogP contribution in [0.4, 0.5) is 0 Å². The number of hydrogen-bond acceptors (Lipinski definition) is 4. The van der Waals surface area contributed by atoms with Crippen LogP contribution in [0.25, 0.3) is 0 Å². The maximum absolute atomic E-state index is 12.2. The van der Waals surface area contributed by atoms with Crippen LogP contribution in [0.2, 0.25) is 0 Å². The number of para-hydroxylation sites is 1. The quantitative estimate of drug-likeness (QED) is 0.812. The minimum Gasteiger partial charge on any atom is -0.504 e. The zero-order valence-electron chi connectivity index (χ0n) is 12.5. The van der Waals surface area contributed by atoms with Gasteiger partial charge in [0.2, 0.25) is 0 Å². The number of benzene rings is 1. The summed E-state index contributed by atoms with van der Waals surface area (Å²) in [6.07, 6.45) is 4.02. The molecule has 0 saturated heterocycles. The van der Waals surface area contributed by atoms with Crippen molar-refractivity contribution in [3.63, 3.8) is 0 Å². The number of methoxy groups -OCH3 is 1. The fourth-order valence-electron chi connectivity index (χ4n) is 2.07. The van der Waals surface area contributed by atoms with Crippen molar-refractivity contribution in [2.45, 2.75) is 31.4 Å². The lowest BCUT2D eigenvalue weighted by molar-refractivity contribution is 0.0945. The largest absolute Gasteiger partial charge is 0.504 e. The molecular formula is C15H23NO3S. The first-order chi connectivity index (χ1) is 9.53. The lowest BCUT2D eigenvalue weighted by atomic mass is 10.0. The van der Waals surface area contributed by atoms with E-state index < -0.39 is 0 Å². The molecule has 0 heterocycles. The lowest BCUT2D eigenvalue weighted by Crippen LogP contribution is -2.39. The van der Waals surface area contributed by atoms with Crippen molar-refractivity contribution in [2.75, 3.05) is 19.9 Å². The van der Waals surface area contributed by atoms with Crippen LogP contribution in [0.15, 0.2) is 18.2 Å². The number of nitrogens with one attached hydrogen (secondary N) is 1. The van der Waals surface area contributed by atoms with Crippen molar-refractivity contribution >= 4 is 17.7 Å². The first-order valence-corrected chi connectivity index (χ1v) is 7.95. The fourth-order valence-corrected chi connectivity index (χ4v) is 2.86. The summed E-state index contributed by atoms with van der Waals surface area (Å²) in [5.74, 6) is -0.0864. The molecule has 1 aromatic rings. The third-order valence-corrected chi connectivity index (χ3v) is 5.34. The Morgan fingerprint density at radius 1 is 1.40 bits per heavy atom. The lowest BCUT2D eigenvalue weighted by Gasteiger charge is -2.29. The van der Waals surface area contributed by atoms with Crippen LogP contribution in [0, 0.1) is 0 Å². The van der Waals surface area contributed by atoms with Gasteiger partial charge in [0, 0.05) is 11.3 Å². The Morgan fingerprint density at radius 3 is 2.55 bits per heavy atom. The Kier molecular flexibility index (Phi) is 6.20. The van der Waals surface area contributed by atoms with Crippen LogP contribution in [0.1, 0.15) is 37.0 Å². The van der Waals surface area contributed by atoms with Gasteiger partial charge in [0.05, 0.1) is 12.7 Å². The van der Waals surface area contributed by atoms with E-state index in [1.807, 2.05) is 0 Å². The Hall–Kier alpha value is -1.36. The van der Waals surface area contributed by atoms with Gasteiger partial charge < -0.3 is 15.2 Å². The monoisotopic (exact) mass is 297 g/mol. The Balaban J connectivity index is 2.82. The number of aromatic hydroxyl groups is 1. The number of phenolic OH excluding ortho intramolecular Hbond substituents is 1. The summed E-state index contributed by atoms with van der Waals surface area (Å²) in [6.45, 7) is 4.82. The summed E-state index contributed by atoms with van der Waals surface area (Å²) >= 11 is 1.76. The van der Waals surface area contributed by atoms with Gasteiger partial charge in [0.25, 0.3) is 5.91 Å². The highest BCUT2D eigenvalue weighted by atomic mass is 32.2. The maximum atomic E-state index is 12.2. The number of phenols is 1. The second-order valence-corrected chi connectivity index (χ2v) is 5.91. The number of rotatable bonds is 7. The molecular weight excluding hydrogens is 274 g/mol. The molecule has 0 atom stereocenters. The van der Waals surface area contributed by atoms with Crippen LogP contribution in [-0.4, -0.2) is 35.7 Å². The molecule has 5 heteroatoms. The highest BCUT2D eigenvalue weighted by Gasteiger charge is 2.26. The van der Waals surface area contributed by atoms with E-state index in [4.69, 9.17) is 4.74 Å². The molecule has 1 rings (SSSR count). The summed E-state index contributed by atoms with van der Waals surface area (Å²) in [5.41, 5.74) is 0.242. The van der Waals surface area contributed by atoms with E-state index in [2.05, 4.69) is 25.4 Å². The summed E-state index contributed by atoms with van der Waals surface area (Å²) in [7, 11) is 1.46. The van der Waals surface area contributed by atoms with Crippen LogP contribution in [-0.2, 0) is 0 Å². The van der Waals surface area contributed by atoms with E-state index in [0.717, 1.165) is 12.8 Å². The Labute approximate surface area is 124 Å². The average Bonchev–Trinajstić information content (AvgIpc) is 2.49. The molecule has 1 amide bonds. The molecule has 4 nitrogen and oxygen atoms in total. The average molecular weight is 297 g/mol. The molecule has 20 heavy (non-hydrogen) atoms. The fraction of sp³-hybridized carbons (Fsp3) is 0.533. The second kappa shape index (κ2) is 7.43. The molecule has 0 aliphatic heterocycles. The van der Waals surface area contributed by atoms with Crippen molar-refractivity contribution in [2.24, 2.45) is 0 Å². The van der Waals surface area contributed by atoms with Gasteiger partial charge in [-0.05, 0) is 31.2 Å². The molecule has 0 radical (unpaired) electrons. The summed E-state index contributed by atoms with van der Waals surface area (Å²) in [5, 5.41) is 12.9. The number of carbonyl (C=O) groups is 1. The Bertz CT molecular complexity index is 450. The van der Waals surface area contributed by atoms with E-state index in [0.29, 0.717) is 12.3 Å². The van der Waals surface area contributed by atoms with Crippen molar-refractivity contribution in [1.82, 2.24) is 5.32 Å². The summed E-state index contributed by atoms with van der Waals surface area (Å²) in [6, 6.07) is 4.90. The minimum absolute atomic E-state index is 0.0458. The molecule has 0 aliphatic rings. The van der Waals surface area contributed by atoms with E-state index in [1.165, 1.54) is 7.11 Å². The highest BCUT2D eigenvalue weighted by Crippen LogP contribution is 2.31. The van der Waals surface area contributed by atoms with Gasteiger partial charge in [-0.25, -0.2) is 0 Å². The number of hydrogen-bond donors (Lipinski definition) is 2. The predicted octanol–water partition coefficient (Wildman–Crippen LogP) is 3.05. The molecule has 0 saturated carbocycles. The molecule has 0 fully saturated rings. The van der Waals surface area contributed by atoms with Crippen molar-refractivity contribution in [1.29, 1.82) is 0 Å². The number of carbonyl (C=O) groups excluding carboxylic acids is 1. The van der Waals surface area contributed by atoms with E-state index in [-0.39, 0.29) is 22.0 Å². The van der Waals surface area contributed by atoms with Crippen LogP contribution in [0.3, 0.4) is 0 Å². The summed E-state index contributed by atoms with van der Waals surface area (Å²) < 4.78 is 5.06. The number of thioether (sulfide) groups is 1. The van der Waals surface area contributed by atoms with Crippen LogP contribution in [0.5, 0.6) is 11.5 Å². The minimum atomic E-state index is -0.276. The third-order valence-electron chi connectivity index (χ3n) is 3.76. The van der Waals surface area contributed by atoms with Crippen LogP contribution < -0.4 is 10.1 Å². The van der Waals surface area contributed by atoms with E-state index in [9.17, 15) is 9.90 Å². The first kappa shape index (κ1) is 16.7. The van der Waals surface area contributed by atoms with Crippen LogP contribution >= 0.6 is 11.8 Å². The van der Waals surface area contributed by atoms with Gasteiger partial charge in [-0.2, -0.15) is 11.8 Å². The smallest absolute Gasteiger partial charge is 0.255 e. The molecule has 0 bridgehead atoms. The zero-order valence-corrected chi connectivity index (χ0v) is 13.3. The van der Waals surface area contributed by atoms with E-state index >= 15 is 0 Å². The molecule has 112 valence electrons. The van der Waals surface area contributed by atoms with Gasteiger partial charge >= 0.3 is 0 Å². The molecule has 0 spiro atoms. The van der Waals surface area contributed by atoms with Crippen molar-refractivity contribution < 1.29 is 14.6 Å². The van der Waals surface area contributed by atoms with Gasteiger partial charge in [-0.1, -0.05) is 19.9 Å². The van der Waals surface area contributed by atoms with Gasteiger partial charge in [0.15, 0.2) is 11.5 Å². The highest BCUT2D eigenvalue weighted by molar-refractivity contribution is 8.00. The molecule has 2 N–H and O–H groups in total. The van der Waals surface area contributed by atoms with Gasteiger partial charge in [0.1, 0.15) is 0 Å². The maximum Gasteiger partial charge on any atom is 0.255 e. The van der Waals surface area contributed by atoms with E-state index in [1.54, 1.807) is 30.0 Å². The SMILES string of the molecule is CCC(CC)(CNC(=O)c1cccc(OC)c1O)SC. The predicted molar refractivity (Wildman–Crippen MR) is 83.8 cm³/mol. The molecule has 1 aromatic carbocycles. The normalized spacial score (nSPS) is 11.2. The second-order valence-electron chi connectivity index (χ2n) is 4.63. The zero-order chi connectivity index (χ0) is 15.2. The molecule has 0 aliphatic carbocycles. The van der Waals surface area contributed by atoms with Gasteiger partial charge in [-0.15, -0.1) is 0 Å². The molecule has 0 unspecified atom stereocenters. The van der Waals surface area contributed by atoms with Crippen molar-refractivity contribution in [3.05, 3.63) is 23.8 Å². The van der Waals surface area contributed by atoms with Crippen molar-refractivity contribution in [3.8, 4) is 11.5 Å². The number of amides is 1. The topological polar surface area (TPSA) is 58.6 Å². The van der Waals surface area contributed by atoms with Gasteiger partial charge in [-0.3, -0.25) is 4.79 Å². The Morgan fingerprint density at radius 2 is 2.05 bits per heavy atom.